The lowest BCUT2D eigenvalue weighted by Crippen LogP contribution is -2.46. The second-order valence-corrected chi connectivity index (χ2v) is 7.54. The number of nitrogens with two attached hydrogens (primary N) is 1. The Morgan fingerprint density at radius 2 is 1.28 bits per heavy atom. The molecule has 5 heteroatoms. The van der Waals surface area contributed by atoms with Gasteiger partial charge in [-0.1, -0.05) is 84.0 Å². The van der Waals surface area contributed by atoms with Gasteiger partial charge in [-0.15, -0.1) is 12.4 Å². The third-order valence-electron chi connectivity index (χ3n) is 5.15. The summed E-state index contributed by atoms with van der Waals surface area (Å²) in [6, 6.07) is 0. The number of rotatable bonds is 16. The first-order valence-corrected chi connectivity index (χ1v) is 10.3. The molecule has 0 unspecified atom stereocenters. The van der Waals surface area contributed by atoms with Gasteiger partial charge in [0, 0.05) is 6.42 Å². The third kappa shape index (κ3) is 11.5. The van der Waals surface area contributed by atoms with Gasteiger partial charge in [-0.25, -0.2) is 0 Å². The number of amidine groups is 1. The first-order chi connectivity index (χ1) is 11.6. The molecule has 0 atom stereocenters. The van der Waals surface area contributed by atoms with Gasteiger partial charge in [0.1, 0.15) is 5.84 Å². The molecular formula is C20H40ClN3O. The molecule has 0 aromatic rings. The molecule has 1 rings (SSSR count). The Labute approximate surface area is 161 Å². The number of halogens is 1. The molecule has 1 amide bonds. The summed E-state index contributed by atoms with van der Waals surface area (Å²) >= 11 is 0. The van der Waals surface area contributed by atoms with Crippen molar-refractivity contribution < 1.29 is 4.79 Å². The van der Waals surface area contributed by atoms with Crippen LogP contribution in [-0.4, -0.2) is 17.3 Å². The summed E-state index contributed by atoms with van der Waals surface area (Å²) in [5, 5.41) is 10.4. The number of carbonyl (C=O) groups excluding carboxylic acids is 1. The fraction of sp³-hybridized carbons (Fsp3) is 0.900. The van der Waals surface area contributed by atoms with Crippen LogP contribution >= 0.6 is 12.4 Å². The Bertz CT molecular complexity index is 370. The van der Waals surface area contributed by atoms with Gasteiger partial charge in [-0.2, -0.15) is 0 Å². The molecule has 25 heavy (non-hydrogen) atoms. The van der Waals surface area contributed by atoms with E-state index in [1.807, 2.05) is 0 Å². The van der Waals surface area contributed by atoms with Crippen LogP contribution in [0.15, 0.2) is 0 Å². The minimum Gasteiger partial charge on any atom is -0.386 e. The number of amides is 1. The molecule has 0 radical (unpaired) electrons. The summed E-state index contributed by atoms with van der Waals surface area (Å²) < 4.78 is 0. The first-order valence-electron chi connectivity index (χ1n) is 10.3. The topological polar surface area (TPSA) is 79.0 Å². The van der Waals surface area contributed by atoms with Crippen molar-refractivity contribution in [2.45, 2.75) is 115 Å². The lowest BCUT2D eigenvalue weighted by molar-refractivity contribution is -0.121. The molecule has 0 spiro atoms. The standard InChI is InChI=1S/C20H39N3O.ClH/c1-2-3-4-5-6-7-8-9-10-11-12-13-14-15-18(24)23-20(16-17-20)19(21)22;/h2-17H2,1H3,(H3,21,22)(H,23,24);1H. The van der Waals surface area contributed by atoms with Gasteiger partial charge in [0.2, 0.25) is 5.91 Å². The Kier molecular flexibility index (Phi) is 14.0. The van der Waals surface area contributed by atoms with Crippen molar-refractivity contribution in [1.82, 2.24) is 5.32 Å². The zero-order valence-corrected chi connectivity index (χ0v) is 17.0. The lowest BCUT2D eigenvalue weighted by Gasteiger charge is -2.15. The number of hydrogen-bond acceptors (Lipinski definition) is 2. The number of hydrogen-bond donors (Lipinski definition) is 3. The number of carbonyl (C=O) groups is 1. The quantitative estimate of drug-likeness (QED) is 0.190. The van der Waals surface area contributed by atoms with Gasteiger partial charge >= 0.3 is 0 Å². The van der Waals surface area contributed by atoms with Crippen LogP contribution in [0.2, 0.25) is 0 Å². The highest BCUT2D eigenvalue weighted by molar-refractivity contribution is 5.94. The second kappa shape index (κ2) is 14.4. The van der Waals surface area contributed by atoms with Crippen molar-refractivity contribution in [3.63, 3.8) is 0 Å². The van der Waals surface area contributed by atoms with Crippen molar-refractivity contribution >= 4 is 24.1 Å². The maximum atomic E-state index is 11.8. The molecule has 4 N–H and O–H groups in total. The average molecular weight is 374 g/mol. The maximum Gasteiger partial charge on any atom is 0.220 e. The molecule has 148 valence electrons. The summed E-state index contributed by atoms with van der Waals surface area (Å²) in [5.41, 5.74) is 5.05. The summed E-state index contributed by atoms with van der Waals surface area (Å²) in [7, 11) is 0. The van der Waals surface area contributed by atoms with Crippen LogP contribution in [0.25, 0.3) is 0 Å². The molecule has 1 fully saturated rings. The molecule has 1 saturated carbocycles. The van der Waals surface area contributed by atoms with Crippen LogP contribution in [0.5, 0.6) is 0 Å². The molecule has 1 aliphatic carbocycles. The van der Waals surface area contributed by atoms with E-state index in [9.17, 15) is 4.79 Å². The van der Waals surface area contributed by atoms with E-state index in [-0.39, 0.29) is 24.1 Å². The van der Waals surface area contributed by atoms with Crippen LogP contribution in [0.3, 0.4) is 0 Å². The maximum absolute atomic E-state index is 11.8. The van der Waals surface area contributed by atoms with Gasteiger partial charge in [-0.05, 0) is 19.3 Å². The SMILES string of the molecule is CCCCCCCCCCCCCCCC(=O)NC1(C(=N)N)CC1.Cl. The Morgan fingerprint density at radius 1 is 0.880 bits per heavy atom. The van der Waals surface area contributed by atoms with Gasteiger partial charge in [0.15, 0.2) is 0 Å². The normalized spacial score (nSPS) is 14.6. The minimum atomic E-state index is -0.479. The molecule has 0 bridgehead atoms. The Balaban J connectivity index is 0.00000576. The van der Waals surface area contributed by atoms with Gasteiger partial charge < -0.3 is 11.1 Å². The van der Waals surface area contributed by atoms with Crippen LogP contribution in [0, 0.1) is 5.41 Å². The van der Waals surface area contributed by atoms with E-state index < -0.39 is 5.54 Å². The monoisotopic (exact) mass is 373 g/mol. The smallest absolute Gasteiger partial charge is 0.220 e. The van der Waals surface area contributed by atoms with E-state index in [1.165, 1.54) is 70.6 Å². The summed E-state index contributed by atoms with van der Waals surface area (Å²) in [6.45, 7) is 2.27. The fourth-order valence-corrected chi connectivity index (χ4v) is 3.22. The molecule has 1 aliphatic rings. The van der Waals surface area contributed by atoms with Crippen LogP contribution in [-0.2, 0) is 4.79 Å². The predicted octanol–water partition coefficient (Wildman–Crippen LogP) is 5.47. The molecular weight excluding hydrogens is 334 g/mol. The number of nitrogens with one attached hydrogen (secondary N) is 2. The largest absolute Gasteiger partial charge is 0.386 e. The highest BCUT2D eigenvalue weighted by Crippen LogP contribution is 2.35. The third-order valence-corrected chi connectivity index (χ3v) is 5.15. The van der Waals surface area contributed by atoms with E-state index in [0.29, 0.717) is 6.42 Å². The highest BCUT2D eigenvalue weighted by atomic mass is 35.5. The van der Waals surface area contributed by atoms with E-state index >= 15 is 0 Å². The Hall–Kier alpha value is -0.770. The van der Waals surface area contributed by atoms with Crippen molar-refractivity contribution in [1.29, 1.82) is 5.41 Å². The molecule has 0 aromatic heterocycles. The zero-order valence-electron chi connectivity index (χ0n) is 16.2. The summed E-state index contributed by atoms with van der Waals surface area (Å²) in [4.78, 5) is 11.8. The average Bonchev–Trinajstić information content (AvgIpc) is 3.32. The van der Waals surface area contributed by atoms with Crippen LogP contribution in [0.1, 0.15) is 110 Å². The molecule has 0 aliphatic heterocycles. The van der Waals surface area contributed by atoms with Gasteiger partial charge in [0.25, 0.3) is 0 Å². The fourth-order valence-electron chi connectivity index (χ4n) is 3.22. The molecule has 4 nitrogen and oxygen atoms in total. The van der Waals surface area contributed by atoms with E-state index in [0.717, 1.165) is 25.7 Å². The van der Waals surface area contributed by atoms with Crippen molar-refractivity contribution in [3.8, 4) is 0 Å². The zero-order chi connectivity index (χ0) is 17.7. The Morgan fingerprint density at radius 3 is 1.64 bits per heavy atom. The summed E-state index contributed by atoms with van der Waals surface area (Å²) in [5.74, 6) is 0.173. The van der Waals surface area contributed by atoms with Gasteiger partial charge in [-0.3, -0.25) is 10.2 Å². The van der Waals surface area contributed by atoms with E-state index in [4.69, 9.17) is 11.1 Å². The molecule has 0 aromatic carbocycles. The van der Waals surface area contributed by atoms with E-state index in [2.05, 4.69) is 12.2 Å². The van der Waals surface area contributed by atoms with Gasteiger partial charge in [0.05, 0.1) is 5.54 Å². The molecule has 0 heterocycles. The van der Waals surface area contributed by atoms with E-state index in [1.54, 1.807) is 0 Å². The minimum absolute atomic E-state index is 0. The van der Waals surface area contributed by atoms with Crippen LogP contribution < -0.4 is 11.1 Å². The first kappa shape index (κ1) is 24.2. The van der Waals surface area contributed by atoms with Crippen molar-refractivity contribution in [2.75, 3.05) is 0 Å². The highest BCUT2D eigenvalue weighted by Gasteiger charge is 2.47. The summed E-state index contributed by atoms with van der Waals surface area (Å²) in [6.07, 6.45) is 19.3. The second-order valence-electron chi connectivity index (χ2n) is 7.54. The number of unbranched alkanes of at least 4 members (excludes halogenated alkanes) is 12. The van der Waals surface area contributed by atoms with Crippen LogP contribution in [0.4, 0.5) is 0 Å². The lowest BCUT2D eigenvalue weighted by atomic mass is 10.0. The predicted molar refractivity (Wildman–Crippen MR) is 110 cm³/mol. The van der Waals surface area contributed by atoms with Crippen molar-refractivity contribution in [3.05, 3.63) is 0 Å². The molecule has 0 saturated heterocycles. The van der Waals surface area contributed by atoms with Crippen molar-refractivity contribution in [2.24, 2.45) is 5.73 Å².